The highest BCUT2D eigenvalue weighted by Crippen LogP contribution is 2.36. The Hall–Kier alpha value is -2.67. The van der Waals surface area contributed by atoms with Crippen molar-refractivity contribution in [3.8, 4) is 0 Å². The molecule has 1 aromatic heterocycles. The predicted molar refractivity (Wildman–Crippen MR) is 105 cm³/mol. The smallest absolute Gasteiger partial charge is 0.271 e. The first-order valence-electron chi connectivity index (χ1n) is 8.78. The normalized spacial score (nSPS) is 14.9. The molecule has 8 heteroatoms. The fraction of sp³-hybridized carbons (Fsp3) is 0.368. The Morgan fingerprint density at radius 3 is 2.56 bits per heavy atom. The lowest BCUT2D eigenvalue weighted by molar-refractivity contribution is -0.384. The van der Waals surface area contributed by atoms with Crippen LogP contribution in [0, 0.1) is 29.9 Å². The van der Waals surface area contributed by atoms with E-state index < -0.39 is 4.92 Å². The second-order valence-corrected chi connectivity index (χ2v) is 7.23. The van der Waals surface area contributed by atoms with Crippen molar-refractivity contribution in [1.29, 1.82) is 0 Å². The number of piperidine rings is 1. The molecule has 2 heterocycles. The molecule has 1 N–H and O–H groups in total. The molecule has 27 heavy (non-hydrogen) atoms. The molecular formula is C19H21ClN4O3. The van der Waals surface area contributed by atoms with Crippen molar-refractivity contribution in [3.63, 3.8) is 0 Å². The molecular weight excluding hydrogens is 368 g/mol. The van der Waals surface area contributed by atoms with Gasteiger partial charge in [-0.1, -0.05) is 17.7 Å². The summed E-state index contributed by atoms with van der Waals surface area (Å²) in [5.41, 5.74) is 2.60. The van der Waals surface area contributed by atoms with E-state index >= 15 is 0 Å². The molecule has 0 bridgehead atoms. The SMILES string of the molecule is Cc1ccc(NC(=O)C2CCN(c3c(C)cc([N+](=O)[O-])cc3Cl)CC2)nc1. The average molecular weight is 389 g/mol. The van der Waals surface area contributed by atoms with Crippen molar-refractivity contribution in [2.24, 2.45) is 5.92 Å². The second-order valence-electron chi connectivity index (χ2n) is 6.82. The number of carbonyl (C=O) groups is 1. The summed E-state index contributed by atoms with van der Waals surface area (Å²) in [6, 6.07) is 6.61. The number of nitrogens with one attached hydrogen (secondary N) is 1. The first kappa shape index (κ1) is 19.1. The van der Waals surface area contributed by atoms with Crippen LogP contribution in [0.25, 0.3) is 0 Å². The number of pyridine rings is 1. The van der Waals surface area contributed by atoms with E-state index in [4.69, 9.17) is 11.6 Å². The molecule has 0 atom stereocenters. The van der Waals surface area contributed by atoms with E-state index in [1.54, 1.807) is 12.3 Å². The highest BCUT2D eigenvalue weighted by molar-refractivity contribution is 6.33. The van der Waals surface area contributed by atoms with Crippen LogP contribution in [-0.2, 0) is 4.79 Å². The lowest BCUT2D eigenvalue weighted by atomic mass is 9.95. The van der Waals surface area contributed by atoms with E-state index in [0.29, 0.717) is 36.8 Å². The van der Waals surface area contributed by atoms with E-state index in [0.717, 1.165) is 16.8 Å². The van der Waals surface area contributed by atoms with Crippen LogP contribution in [-0.4, -0.2) is 28.9 Å². The largest absolute Gasteiger partial charge is 0.370 e. The number of rotatable bonds is 4. The summed E-state index contributed by atoms with van der Waals surface area (Å²) in [6.07, 6.45) is 3.09. The van der Waals surface area contributed by atoms with Gasteiger partial charge < -0.3 is 10.2 Å². The second kappa shape index (κ2) is 7.92. The maximum atomic E-state index is 12.5. The average Bonchev–Trinajstić information content (AvgIpc) is 2.63. The Kier molecular flexibility index (Phi) is 5.60. The van der Waals surface area contributed by atoms with Crippen molar-refractivity contribution in [3.05, 3.63) is 56.7 Å². The zero-order valence-electron chi connectivity index (χ0n) is 15.2. The Balaban J connectivity index is 1.64. The molecule has 2 aromatic rings. The van der Waals surface area contributed by atoms with Gasteiger partial charge in [0.15, 0.2) is 0 Å². The molecule has 1 saturated heterocycles. The number of benzene rings is 1. The lowest BCUT2D eigenvalue weighted by Gasteiger charge is -2.34. The molecule has 7 nitrogen and oxygen atoms in total. The quantitative estimate of drug-likeness (QED) is 0.628. The summed E-state index contributed by atoms with van der Waals surface area (Å²) < 4.78 is 0. The van der Waals surface area contributed by atoms with Crippen molar-refractivity contribution in [2.75, 3.05) is 23.3 Å². The summed E-state index contributed by atoms with van der Waals surface area (Å²) in [5, 5.41) is 14.2. The summed E-state index contributed by atoms with van der Waals surface area (Å²) >= 11 is 6.30. The summed E-state index contributed by atoms with van der Waals surface area (Å²) in [4.78, 5) is 29.3. The number of hydrogen-bond donors (Lipinski definition) is 1. The molecule has 0 spiro atoms. The summed E-state index contributed by atoms with van der Waals surface area (Å²) in [6.45, 7) is 5.09. The zero-order chi connectivity index (χ0) is 19.6. The van der Waals surface area contributed by atoms with E-state index in [-0.39, 0.29) is 17.5 Å². The number of non-ortho nitro benzene ring substituents is 1. The third-order valence-electron chi connectivity index (χ3n) is 4.79. The fourth-order valence-electron chi connectivity index (χ4n) is 3.36. The van der Waals surface area contributed by atoms with E-state index in [1.807, 2.05) is 19.9 Å². The Morgan fingerprint density at radius 1 is 1.30 bits per heavy atom. The number of amides is 1. The molecule has 1 amide bonds. The van der Waals surface area contributed by atoms with Gasteiger partial charge in [0.05, 0.1) is 15.6 Å². The molecule has 1 aromatic carbocycles. The van der Waals surface area contributed by atoms with Crippen LogP contribution in [0.4, 0.5) is 17.2 Å². The number of nitrogens with zero attached hydrogens (tertiary/aromatic N) is 3. The van der Waals surface area contributed by atoms with Crippen LogP contribution in [0.5, 0.6) is 0 Å². The standard InChI is InChI=1S/C19H21ClN4O3/c1-12-3-4-17(21-11-12)22-19(25)14-5-7-23(8-6-14)18-13(2)9-15(24(26)27)10-16(18)20/h3-4,9-11,14H,5-8H2,1-2H3,(H,21,22,25). The van der Waals surface area contributed by atoms with Gasteiger partial charge in [-0.25, -0.2) is 4.98 Å². The number of aromatic nitrogens is 1. The number of aryl methyl sites for hydroxylation is 2. The monoisotopic (exact) mass is 388 g/mol. The Morgan fingerprint density at radius 2 is 2.00 bits per heavy atom. The topological polar surface area (TPSA) is 88.4 Å². The minimum absolute atomic E-state index is 0.0129. The number of anilines is 2. The van der Waals surface area contributed by atoms with Crippen LogP contribution in [0.2, 0.25) is 5.02 Å². The number of carbonyl (C=O) groups excluding carboxylic acids is 1. The van der Waals surface area contributed by atoms with Crippen LogP contribution in [0.15, 0.2) is 30.5 Å². The lowest BCUT2D eigenvalue weighted by Crippen LogP contribution is -2.38. The van der Waals surface area contributed by atoms with Gasteiger partial charge in [-0.15, -0.1) is 0 Å². The van der Waals surface area contributed by atoms with Gasteiger partial charge in [0.1, 0.15) is 5.82 Å². The van der Waals surface area contributed by atoms with Gasteiger partial charge in [0.25, 0.3) is 5.69 Å². The van der Waals surface area contributed by atoms with Gasteiger partial charge in [0, 0.05) is 37.3 Å². The zero-order valence-corrected chi connectivity index (χ0v) is 16.0. The van der Waals surface area contributed by atoms with Gasteiger partial charge in [-0.3, -0.25) is 14.9 Å². The summed E-state index contributed by atoms with van der Waals surface area (Å²) in [7, 11) is 0. The van der Waals surface area contributed by atoms with Crippen molar-refractivity contribution in [2.45, 2.75) is 26.7 Å². The number of nitro groups is 1. The van der Waals surface area contributed by atoms with Crippen molar-refractivity contribution >= 4 is 34.7 Å². The number of hydrogen-bond acceptors (Lipinski definition) is 5. The van der Waals surface area contributed by atoms with Crippen LogP contribution < -0.4 is 10.2 Å². The third kappa shape index (κ3) is 4.36. The molecule has 142 valence electrons. The first-order valence-corrected chi connectivity index (χ1v) is 9.16. The fourth-order valence-corrected chi connectivity index (χ4v) is 3.74. The number of halogens is 1. The van der Waals surface area contributed by atoms with Gasteiger partial charge in [-0.05, 0) is 43.9 Å². The predicted octanol–water partition coefficient (Wildman–Crippen LogP) is 4.12. The van der Waals surface area contributed by atoms with Gasteiger partial charge >= 0.3 is 0 Å². The van der Waals surface area contributed by atoms with Gasteiger partial charge in [0.2, 0.25) is 5.91 Å². The molecule has 0 saturated carbocycles. The Labute approximate surface area is 162 Å². The van der Waals surface area contributed by atoms with Crippen molar-refractivity contribution < 1.29 is 9.72 Å². The van der Waals surface area contributed by atoms with Crippen LogP contribution in [0.1, 0.15) is 24.0 Å². The van der Waals surface area contributed by atoms with Gasteiger partial charge in [-0.2, -0.15) is 0 Å². The maximum Gasteiger partial charge on any atom is 0.271 e. The minimum Gasteiger partial charge on any atom is -0.370 e. The molecule has 1 aliphatic heterocycles. The van der Waals surface area contributed by atoms with E-state index in [2.05, 4.69) is 15.2 Å². The Bertz CT molecular complexity index is 839. The molecule has 1 fully saturated rings. The third-order valence-corrected chi connectivity index (χ3v) is 5.08. The van der Waals surface area contributed by atoms with E-state index in [9.17, 15) is 14.9 Å². The highest BCUT2D eigenvalue weighted by atomic mass is 35.5. The first-order chi connectivity index (χ1) is 12.8. The molecule has 0 radical (unpaired) electrons. The van der Waals surface area contributed by atoms with E-state index in [1.165, 1.54) is 12.1 Å². The maximum absolute atomic E-state index is 12.5. The molecule has 0 unspecified atom stereocenters. The van der Waals surface area contributed by atoms with Crippen molar-refractivity contribution in [1.82, 2.24) is 4.98 Å². The molecule has 0 aliphatic carbocycles. The molecule has 1 aliphatic rings. The number of nitro benzene ring substituents is 1. The van der Waals surface area contributed by atoms with Crippen LogP contribution in [0.3, 0.4) is 0 Å². The highest BCUT2D eigenvalue weighted by Gasteiger charge is 2.27. The minimum atomic E-state index is -0.446. The van der Waals surface area contributed by atoms with Crippen LogP contribution >= 0.6 is 11.6 Å². The summed E-state index contributed by atoms with van der Waals surface area (Å²) in [5.74, 6) is 0.432. The molecule has 3 rings (SSSR count).